The second-order valence-corrected chi connectivity index (χ2v) is 5.32. The molecule has 1 N–H and O–H groups in total. The number of nitrogens with one attached hydrogen (secondary N) is 1. The van der Waals surface area contributed by atoms with Crippen LogP contribution in [0.2, 0.25) is 0 Å². The Balaban J connectivity index is 2.20. The van der Waals surface area contributed by atoms with Gasteiger partial charge < -0.3 is 29.0 Å². The molecule has 0 saturated heterocycles. The highest BCUT2D eigenvalue weighted by Gasteiger charge is 2.17. The molecule has 0 saturated carbocycles. The van der Waals surface area contributed by atoms with Crippen LogP contribution in [0.15, 0.2) is 30.3 Å². The molecule has 0 aliphatic carbocycles. The van der Waals surface area contributed by atoms with Crippen molar-refractivity contribution in [3.8, 4) is 28.7 Å². The van der Waals surface area contributed by atoms with Crippen molar-refractivity contribution in [2.24, 2.45) is 0 Å². The Morgan fingerprint density at radius 1 is 0.769 bits per heavy atom. The summed E-state index contributed by atoms with van der Waals surface area (Å²) < 4.78 is 26.3. The van der Waals surface area contributed by atoms with Crippen LogP contribution in [0.25, 0.3) is 0 Å². The normalized spacial score (nSPS) is 10.0. The Kier molecular flexibility index (Phi) is 6.54. The molecule has 26 heavy (non-hydrogen) atoms. The third-order valence-corrected chi connectivity index (χ3v) is 3.79. The topological polar surface area (TPSA) is 75.3 Å². The number of ether oxygens (including phenoxy) is 5. The average Bonchev–Trinajstić information content (AvgIpc) is 2.70. The molecule has 0 aliphatic heterocycles. The second-order valence-electron chi connectivity index (χ2n) is 5.32. The van der Waals surface area contributed by atoms with Gasteiger partial charge >= 0.3 is 0 Å². The number of hydrogen-bond donors (Lipinski definition) is 1. The maximum atomic E-state index is 12.5. The molecule has 0 heterocycles. The van der Waals surface area contributed by atoms with Crippen LogP contribution < -0.4 is 29.0 Å². The van der Waals surface area contributed by atoms with E-state index >= 15 is 0 Å². The zero-order valence-corrected chi connectivity index (χ0v) is 15.5. The lowest BCUT2D eigenvalue weighted by Gasteiger charge is -2.14. The van der Waals surface area contributed by atoms with E-state index in [9.17, 15) is 4.79 Å². The lowest BCUT2D eigenvalue weighted by molar-refractivity contribution is 0.0950. The maximum Gasteiger partial charge on any atom is 0.251 e. The van der Waals surface area contributed by atoms with Gasteiger partial charge in [0, 0.05) is 18.2 Å². The summed E-state index contributed by atoms with van der Waals surface area (Å²) in [4.78, 5) is 12.5. The van der Waals surface area contributed by atoms with Gasteiger partial charge in [-0.1, -0.05) is 0 Å². The number of methoxy groups -OCH3 is 5. The van der Waals surface area contributed by atoms with Crippen molar-refractivity contribution in [3.63, 3.8) is 0 Å². The predicted molar refractivity (Wildman–Crippen MR) is 96.8 cm³/mol. The molecule has 1 amide bonds. The van der Waals surface area contributed by atoms with E-state index in [2.05, 4.69) is 5.32 Å². The lowest BCUT2D eigenvalue weighted by atomic mass is 10.1. The number of amides is 1. The highest BCUT2D eigenvalue weighted by molar-refractivity contribution is 5.95. The van der Waals surface area contributed by atoms with Crippen LogP contribution in [0.3, 0.4) is 0 Å². The van der Waals surface area contributed by atoms with E-state index in [-0.39, 0.29) is 5.91 Å². The van der Waals surface area contributed by atoms with Gasteiger partial charge in [0.2, 0.25) is 5.75 Å². The Bertz CT molecular complexity index is 727. The highest BCUT2D eigenvalue weighted by atomic mass is 16.5. The van der Waals surface area contributed by atoms with Crippen molar-refractivity contribution in [2.75, 3.05) is 35.5 Å². The third kappa shape index (κ3) is 4.30. The van der Waals surface area contributed by atoms with E-state index in [1.165, 1.54) is 21.3 Å². The van der Waals surface area contributed by atoms with Crippen molar-refractivity contribution in [2.45, 2.75) is 6.54 Å². The molecule has 7 heteroatoms. The van der Waals surface area contributed by atoms with E-state index in [0.29, 0.717) is 40.9 Å². The summed E-state index contributed by atoms with van der Waals surface area (Å²) >= 11 is 0. The number of carbonyl (C=O) groups excluding carboxylic acids is 1. The molecule has 140 valence electrons. The molecule has 2 rings (SSSR count). The summed E-state index contributed by atoms with van der Waals surface area (Å²) in [5.74, 6) is 2.30. The van der Waals surface area contributed by atoms with Crippen molar-refractivity contribution < 1.29 is 28.5 Å². The van der Waals surface area contributed by atoms with Gasteiger partial charge in [-0.05, 0) is 29.8 Å². The number of rotatable bonds is 8. The van der Waals surface area contributed by atoms with Gasteiger partial charge in [0.25, 0.3) is 5.91 Å². The minimum atomic E-state index is -0.272. The van der Waals surface area contributed by atoms with Crippen molar-refractivity contribution in [1.82, 2.24) is 5.32 Å². The summed E-state index contributed by atoms with van der Waals surface area (Å²) in [5.41, 5.74) is 1.25. The van der Waals surface area contributed by atoms with E-state index in [1.807, 2.05) is 12.1 Å². The van der Waals surface area contributed by atoms with Crippen LogP contribution >= 0.6 is 0 Å². The first-order valence-corrected chi connectivity index (χ1v) is 7.86. The molecule has 0 unspecified atom stereocenters. The largest absolute Gasteiger partial charge is 0.497 e. The van der Waals surface area contributed by atoms with Crippen molar-refractivity contribution in [3.05, 3.63) is 41.5 Å². The fourth-order valence-corrected chi connectivity index (χ4v) is 2.47. The van der Waals surface area contributed by atoms with Gasteiger partial charge in [0.1, 0.15) is 11.5 Å². The van der Waals surface area contributed by atoms with Gasteiger partial charge in [0.05, 0.1) is 35.5 Å². The zero-order chi connectivity index (χ0) is 19.1. The van der Waals surface area contributed by atoms with Crippen LogP contribution in [0.4, 0.5) is 0 Å². The van der Waals surface area contributed by atoms with Crippen LogP contribution in [-0.4, -0.2) is 41.5 Å². The quantitative estimate of drug-likeness (QED) is 0.779. The molecule has 7 nitrogen and oxygen atoms in total. The predicted octanol–water partition coefficient (Wildman–Crippen LogP) is 2.66. The Labute approximate surface area is 152 Å². The van der Waals surface area contributed by atoms with Gasteiger partial charge in [0.15, 0.2) is 11.5 Å². The molecule has 0 atom stereocenters. The molecular formula is C19H23NO6. The van der Waals surface area contributed by atoms with Crippen LogP contribution in [0, 0.1) is 0 Å². The average molecular weight is 361 g/mol. The van der Waals surface area contributed by atoms with Gasteiger partial charge in [-0.15, -0.1) is 0 Å². The molecule has 0 radical (unpaired) electrons. The summed E-state index contributed by atoms with van der Waals surface area (Å²) in [7, 11) is 7.67. The minimum absolute atomic E-state index is 0.272. The van der Waals surface area contributed by atoms with Crippen molar-refractivity contribution >= 4 is 5.91 Å². The highest BCUT2D eigenvalue weighted by Crippen LogP contribution is 2.38. The standard InChI is InChI=1S/C19H23NO6/c1-22-14-6-12(7-15(10-14)23-2)11-20-19(21)13-8-16(24-3)18(26-5)17(9-13)25-4/h6-10H,11H2,1-5H3,(H,20,21). The number of benzene rings is 2. The molecule has 0 spiro atoms. The Hall–Kier alpha value is -3.09. The van der Waals surface area contributed by atoms with Crippen LogP contribution in [-0.2, 0) is 6.54 Å². The van der Waals surface area contributed by atoms with Crippen molar-refractivity contribution in [1.29, 1.82) is 0 Å². The summed E-state index contributed by atoms with van der Waals surface area (Å²) in [6, 6.07) is 8.63. The molecule has 0 bridgehead atoms. The fraction of sp³-hybridized carbons (Fsp3) is 0.316. The number of hydrogen-bond acceptors (Lipinski definition) is 6. The molecule has 0 aromatic heterocycles. The Morgan fingerprint density at radius 3 is 1.73 bits per heavy atom. The smallest absolute Gasteiger partial charge is 0.251 e. The van der Waals surface area contributed by atoms with E-state index < -0.39 is 0 Å². The first kappa shape index (κ1) is 19.2. The Morgan fingerprint density at radius 2 is 1.31 bits per heavy atom. The van der Waals surface area contributed by atoms with Gasteiger partial charge in [-0.2, -0.15) is 0 Å². The lowest BCUT2D eigenvalue weighted by Crippen LogP contribution is -2.23. The monoisotopic (exact) mass is 361 g/mol. The van der Waals surface area contributed by atoms with E-state index in [4.69, 9.17) is 23.7 Å². The summed E-state index contributed by atoms with van der Waals surface area (Å²) in [6.07, 6.45) is 0. The fourth-order valence-electron chi connectivity index (χ4n) is 2.47. The SMILES string of the molecule is COc1cc(CNC(=O)c2cc(OC)c(OC)c(OC)c2)cc(OC)c1. The van der Waals surface area contributed by atoms with Crippen LogP contribution in [0.5, 0.6) is 28.7 Å². The number of carbonyl (C=O) groups is 1. The van der Waals surface area contributed by atoms with Crippen LogP contribution in [0.1, 0.15) is 15.9 Å². The summed E-state index contributed by atoms with van der Waals surface area (Å²) in [6.45, 7) is 0.309. The molecule has 2 aromatic rings. The molecule has 0 aliphatic rings. The third-order valence-electron chi connectivity index (χ3n) is 3.79. The molecule has 2 aromatic carbocycles. The van der Waals surface area contributed by atoms with Gasteiger partial charge in [-0.3, -0.25) is 4.79 Å². The second kappa shape index (κ2) is 8.84. The first-order chi connectivity index (χ1) is 12.6. The minimum Gasteiger partial charge on any atom is -0.497 e. The maximum absolute atomic E-state index is 12.5. The van der Waals surface area contributed by atoms with E-state index in [1.54, 1.807) is 32.4 Å². The first-order valence-electron chi connectivity index (χ1n) is 7.86. The summed E-state index contributed by atoms with van der Waals surface area (Å²) in [5, 5.41) is 2.86. The van der Waals surface area contributed by atoms with Gasteiger partial charge in [-0.25, -0.2) is 0 Å². The van der Waals surface area contributed by atoms with E-state index in [0.717, 1.165) is 5.56 Å². The molecule has 0 fully saturated rings. The zero-order valence-electron chi connectivity index (χ0n) is 15.5. The molecular weight excluding hydrogens is 338 g/mol.